The van der Waals surface area contributed by atoms with E-state index < -0.39 is 56.8 Å². The summed E-state index contributed by atoms with van der Waals surface area (Å²) in [4.78, 5) is 40.6. The lowest BCUT2D eigenvalue weighted by Gasteiger charge is -2.59. The van der Waals surface area contributed by atoms with E-state index in [-0.39, 0.29) is 35.6 Å². The Balaban J connectivity index is 1.75. The van der Waals surface area contributed by atoms with Crippen molar-refractivity contribution in [2.75, 3.05) is 0 Å². The molecule has 3 aliphatic rings. The van der Waals surface area contributed by atoms with Gasteiger partial charge in [-0.2, -0.15) is 0 Å². The number of phenolic OH excluding ortho intramolecular Hbond substituents is 1. The van der Waals surface area contributed by atoms with Gasteiger partial charge in [0.15, 0.2) is 17.2 Å². The van der Waals surface area contributed by atoms with E-state index in [0.29, 0.717) is 5.56 Å². The molecule has 0 aliphatic heterocycles. The summed E-state index contributed by atoms with van der Waals surface area (Å²) in [5.41, 5.74) is -1.51. The Morgan fingerprint density at radius 2 is 1.64 bits per heavy atom. The van der Waals surface area contributed by atoms with Gasteiger partial charge in [0.2, 0.25) is 5.78 Å². The third-order valence-electron chi connectivity index (χ3n) is 9.66. The third-order valence-corrected chi connectivity index (χ3v) is 9.66. The predicted molar refractivity (Wildman–Crippen MR) is 159 cm³/mol. The van der Waals surface area contributed by atoms with Crippen LogP contribution in [0, 0.1) is 22.7 Å². The number of aliphatic hydroxyl groups is 3. The van der Waals surface area contributed by atoms with Gasteiger partial charge in [0.05, 0.1) is 5.56 Å². The van der Waals surface area contributed by atoms with Crippen LogP contribution in [0.25, 0.3) is 11.1 Å². The minimum atomic E-state index is -2.62. The lowest BCUT2D eigenvalue weighted by Crippen LogP contribution is -2.67. The number of benzene rings is 2. The highest BCUT2D eigenvalue weighted by molar-refractivity contribution is 6.25. The zero-order valence-corrected chi connectivity index (χ0v) is 25.0. The van der Waals surface area contributed by atoms with Gasteiger partial charge in [0, 0.05) is 22.3 Å². The zero-order valence-electron chi connectivity index (χ0n) is 25.0. The smallest absolute Gasteiger partial charge is 0.209 e. The average molecular weight is 571 g/mol. The van der Waals surface area contributed by atoms with Crippen LogP contribution in [0.1, 0.15) is 69.4 Å². The molecule has 2 aromatic rings. The molecule has 7 nitrogen and oxygen atoms in total. The summed E-state index contributed by atoms with van der Waals surface area (Å²) in [5.74, 6) is -5.20. The molecule has 7 heteroatoms. The number of carbonyl (C=O) groups excluding carboxylic acids is 3. The minimum Gasteiger partial charge on any atom is -0.511 e. The second-order valence-electron chi connectivity index (χ2n) is 13.3. The normalized spacial score (nSPS) is 28.9. The largest absolute Gasteiger partial charge is 0.511 e. The molecule has 0 bridgehead atoms. The van der Waals surface area contributed by atoms with Gasteiger partial charge in [-0.25, -0.2) is 0 Å². The number of aliphatic hydroxyl groups excluding tert-OH is 2. The molecule has 0 amide bonds. The molecule has 3 aliphatic carbocycles. The van der Waals surface area contributed by atoms with Crippen molar-refractivity contribution < 1.29 is 34.8 Å². The molecular formula is C35H38O7. The summed E-state index contributed by atoms with van der Waals surface area (Å²) < 4.78 is 0. The fraction of sp³-hybridized carbons (Fsp3) is 0.400. The number of allylic oxidation sites excluding steroid dienone is 3. The molecule has 0 spiro atoms. The van der Waals surface area contributed by atoms with Gasteiger partial charge in [-0.15, -0.1) is 0 Å². The molecule has 4 N–H and O–H groups in total. The van der Waals surface area contributed by atoms with E-state index in [1.54, 1.807) is 19.9 Å². The molecule has 0 aromatic heterocycles. The van der Waals surface area contributed by atoms with E-state index in [9.17, 15) is 34.8 Å². The fourth-order valence-corrected chi connectivity index (χ4v) is 8.15. The molecule has 42 heavy (non-hydrogen) atoms. The molecule has 5 rings (SSSR count). The molecule has 220 valence electrons. The SMILES string of the molecule is C=C(C)Cc1ccc(-c2ccc(O)c3c2C[C@]2(C)C[C@]4(C)C(C(C)C)C(O)=C(C(C)=O)C(=O)[C@]4(O)C(O)=C2C3=O)cc1. The van der Waals surface area contributed by atoms with Crippen LogP contribution in [0.4, 0.5) is 0 Å². The van der Waals surface area contributed by atoms with Gasteiger partial charge >= 0.3 is 0 Å². The van der Waals surface area contributed by atoms with Gasteiger partial charge in [0.1, 0.15) is 22.8 Å². The number of rotatable bonds is 5. The first kappa shape index (κ1) is 29.5. The third kappa shape index (κ3) is 3.86. The monoisotopic (exact) mass is 570 g/mol. The molecule has 1 unspecified atom stereocenters. The van der Waals surface area contributed by atoms with Gasteiger partial charge in [-0.05, 0) is 67.3 Å². The maximum atomic E-state index is 14.2. The van der Waals surface area contributed by atoms with Crippen LogP contribution in [0.3, 0.4) is 0 Å². The van der Waals surface area contributed by atoms with Gasteiger partial charge in [-0.1, -0.05) is 70.2 Å². The van der Waals surface area contributed by atoms with Crippen LogP contribution < -0.4 is 0 Å². The van der Waals surface area contributed by atoms with Crippen LogP contribution in [0.15, 0.2) is 71.2 Å². The Morgan fingerprint density at radius 3 is 2.19 bits per heavy atom. The maximum Gasteiger partial charge on any atom is 0.209 e. The van der Waals surface area contributed by atoms with Crippen molar-refractivity contribution in [2.45, 2.75) is 66.4 Å². The Hall–Kier alpha value is -3.97. The molecule has 0 radical (unpaired) electrons. The Morgan fingerprint density at radius 1 is 1.02 bits per heavy atom. The van der Waals surface area contributed by atoms with E-state index in [2.05, 4.69) is 6.58 Å². The van der Waals surface area contributed by atoms with Crippen molar-refractivity contribution in [2.24, 2.45) is 22.7 Å². The van der Waals surface area contributed by atoms with Gasteiger partial charge in [-0.3, -0.25) is 14.4 Å². The van der Waals surface area contributed by atoms with E-state index in [1.165, 1.54) is 6.07 Å². The van der Waals surface area contributed by atoms with Crippen molar-refractivity contribution in [1.29, 1.82) is 0 Å². The van der Waals surface area contributed by atoms with E-state index in [0.717, 1.165) is 35.6 Å². The number of fused-ring (bicyclic) bond motifs is 3. The number of hydrogen-bond donors (Lipinski definition) is 4. The Labute approximate surface area is 245 Å². The zero-order chi connectivity index (χ0) is 31.1. The van der Waals surface area contributed by atoms with Crippen molar-refractivity contribution in [1.82, 2.24) is 0 Å². The summed E-state index contributed by atoms with van der Waals surface area (Å²) in [6, 6.07) is 11.1. The summed E-state index contributed by atoms with van der Waals surface area (Å²) in [5, 5.41) is 46.2. The highest BCUT2D eigenvalue weighted by Crippen LogP contribution is 2.65. The second kappa shape index (κ2) is 9.53. The molecule has 2 aromatic carbocycles. The molecule has 0 saturated carbocycles. The molecule has 0 saturated heterocycles. The minimum absolute atomic E-state index is 0.0126. The van der Waals surface area contributed by atoms with Gasteiger partial charge < -0.3 is 20.4 Å². The van der Waals surface area contributed by atoms with E-state index in [1.807, 2.05) is 45.0 Å². The van der Waals surface area contributed by atoms with Crippen LogP contribution in [0.2, 0.25) is 0 Å². The topological polar surface area (TPSA) is 132 Å². The van der Waals surface area contributed by atoms with Crippen LogP contribution >= 0.6 is 0 Å². The number of ketones is 3. The number of hydrogen-bond acceptors (Lipinski definition) is 7. The molecule has 0 fully saturated rings. The average Bonchev–Trinajstić information content (AvgIpc) is 2.86. The van der Waals surface area contributed by atoms with Crippen LogP contribution in [-0.4, -0.2) is 43.4 Å². The molecule has 0 heterocycles. The van der Waals surface area contributed by atoms with Crippen LogP contribution in [-0.2, 0) is 22.4 Å². The number of phenols is 1. The molecular weight excluding hydrogens is 532 g/mol. The Bertz CT molecular complexity index is 1640. The summed E-state index contributed by atoms with van der Waals surface area (Å²) in [7, 11) is 0. The lowest BCUT2D eigenvalue weighted by atomic mass is 9.44. The van der Waals surface area contributed by atoms with Crippen molar-refractivity contribution in [3.63, 3.8) is 0 Å². The van der Waals surface area contributed by atoms with E-state index >= 15 is 0 Å². The number of carbonyl (C=O) groups is 3. The fourth-order valence-electron chi connectivity index (χ4n) is 8.15. The summed E-state index contributed by atoms with van der Waals surface area (Å²) >= 11 is 0. The summed E-state index contributed by atoms with van der Waals surface area (Å²) in [6.07, 6.45) is 1.01. The number of Topliss-reactive ketones (excluding diaryl/α,β-unsaturated/α-hetero) is 3. The first-order valence-corrected chi connectivity index (χ1v) is 14.3. The van der Waals surface area contributed by atoms with Crippen molar-refractivity contribution in [3.05, 3.63) is 87.9 Å². The quantitative estimate of drug-likeness (QED) is 0.251. The lowest BCUT2D eigenvalue weighted by molar-refractivity contribution is -0.171. The van der Waals surface area contributed by atoms with E-state index in [4.69, 9.17) is 0 Å². The first-order valence-electron chi connectivity index (χ1n) is 14.3. The van der Waals surface area contributed by atoms with Gasteiger partial charge in [0.25, 0.3) is 0 Å². The predicted octanol–water partition coefficient (Wildman–Crippen LogP) is 6.13. The maximum absolute atomic E-state index is 14.2. The first-order chi connectivity index (χ1) is 19.5. The Kier molecular flexibility index (Phi) is 6.70. The highest BCUT2D eigenvalue weighted by Gasteiger charge is 2.71. The van der Waals surface area contributed by atoms with Crippen molar-refractivity contribution in [3.8, 4) is 16.9 Å². The molecule has 4 atom stereocenters. The summed E-state index contributed by atoms with van der Waals surface area (Å²) in [6.45, 7) is 14.1. The van der Waals surface area contributed by atoms with Crippen LogP contribution in [0.5, 0.6) is 5.75 Å². The van der Waals surface area contributed by atoms with Crippen molar-refractivity contribution >= 4 is 17.3 Å². The second-order valence-corrected chi connectivity index (χ2v) is 13.3. The number of aromatic hydroxyl groups is 1. The standard InChI is InChI=1S/C35H38O7/c1-17(2)14-20-8-10-21(11-9-20)22-12-13-24(37)26-23(22)15-33(6)16-34(7)27(18(3)4)29(38)25(19(5)36)31(40)35(34,42)32(41)28(33)30(26)39/h8-13,18,27,37-38,41-42H,1,14-16H2,2-7H3/t27?,33-,34-,35+/m1/s1. The highest BCUT2D eigenvalue weighted by atomic mass is 16.3.